The molecule has 1 heterocycles. The van der Waals surface area contributed by atoms with Crippen LogP contribution in [0.1, 0.15) is 16.8 Å². The van der Waals surface area contributed by atoms with Crippen molar-refractivity contribution in [3.63, 3.8) is 0 Å². The highest BCUT2D eigenvalue weighted by Gasteiger charge is 2.36. The number of halogens is 2. The summed E-state index contributed by atoms with van der Waals surface area (Å²) in [6.45, 7) is -0.132. The minimum atomic E-state index is -0.598. The van der Waals surface area contributed by atoms with Crippen LogP contribution in [-0.4, -0.2) is 30.8 Å². The van der Waals surface area contributed by atoms with Gasteiger partial charge in [-0.1, -0.05) is 45.7 Å². The van der Waals surface area contributed by atoms with Crippen LogP contribution in [0.4, 0.5) is 5.69 Å². The molecule has 26 heavy (non-hydrogen) atoms. The van der Waals surface area contributed by atoms with E-state index in [-0.39, 0.29) is 31.3 Å². The van der Waals surface area contributed by atoms with Gasteiger partial charge in [-0.3, -0.25) is 14.4 Å². The maximum atomic E-state index is 12.2. The molecule has 3 rings (SSSR count). The van der Waals surface area contributed by atoms with Crippen LogP contribution in [0, 0.1) is 5.92 Å². The Morgan fingerprint density at radius 1 is 1.19 bits per heavy atom. The van der Waals surface area contributed by atoms with Crippen molar-refractivity contribution in [1.82, 2.24) is 0 Å². The molecule has 0 saturated carbocycles. The molecule has 7 heteroatoms. The molecule has 134 valence electrons. The Kier molecular flexibility index (Phi) is 5.74. The predicted octanol–water partition coefficient (Wildman–Crippen LogP) is 3.88. The number of hydrogen-bond acceptors (Lipinski definition) is 4. The van der Waals surface area contributed by atoms with Gasteiger partial charge < -0.3 is 9.64 Å². The lowest BCUT2D eigenvalue weighted by Crippen LogP contribution is -2.27. The number of Topliss-reactive ketones (excluding diaryl/α,β-unsaturated/α-hetero) is 1. The molecule has 0 N–H and O–H groups in total. The Morgan fingerprint density at radius 2 is 1.92 bits per heavy atom. The first-order valence-electron chi connectivity index (χ1n) is 7.95. The number of rotatable bonds is 5. The van der Waals surface area contributed by atoms with Crippen molar-refractivity contribution >= 4 is 50.9 Å². The molecule has 1 aliphatic heterocycles. The summed E-state index contributed by atoms with van der Waals surface area (Å²) in [6.07, 6.45) is 0.0534. The summed E-state index contributed by atoms with van der Waals surface area (Å²) in [6, 6.07) is 13.7. The van der Waals surface area contributed by atoms with E-state index in [0.29, 0.717) is 16.3 Å². The van der Waals surface area contributed by atoms with Crippen molar-refractivity contribution in [2.24, 2.45) is 5.92 Å². The first-order valence-corrected chi connectivity index (χ1v) is 9.12. The van der Waals surface area contributed by atoms with E-state index in [1.54, 1.807) is 48.5 Å². The van der Waals surface area contributed by atoms with E-state index in [9.17, 15) is 14.4 Å². The van der Waals surface area contributed by atoms with Gasteiger partial charge in [0.05, 0.1) is 5.92 Å². The van der Waals surface area contributed by atoms with Gasteiger partial charge in [-0.25, -0.2) is 0 Å². The zero-order valence-electron chi connectivity index (χ0n) is 13.7. The molecule has 1 saturated heterocycles. The van der Waals surface area contributed by atoms with Crippen LogP contribution in [0.5, 0.6) is 0 Å². The summed E-state index contributed by atoms with van der Waals surface area (Å²) in [7, 11) is 0. The van der Waals surface area contributed by atoms with Gasteiger partial charge in [-0.15, -0.1) is 0 Å². The molecule has 0 unspecified atom stereocenters. The Morgan fingerprint density at radius 3 is 2.62 bits per heavy atom. The maximum Gasteiger partial charge on any atom is 0.311 e. The third-order valence-electron chi connectivity index (χ3n) is 4.09. The fraction of sp³-hybridized carbons (Fsp3) is 0.211. The Labute approximate surface area is 164 Å². The summed E-state index contributed by atoms with van der Waals surface area (Å²) in [5.74, 6) is -1.61. The summed E-state index contributed by atoms with van der Waals surface area (Å²) in [4.78, 5) is 38.0. The van der Waals surface area contributed by atoms with Crippen molar-refractivity contribution in [3.05, 3.63) is 63.6 Å². The fourth-order valence-electron chi connectivity index (χ4n) is 2.73. The van der Waals surface area contributed by atoms with Crippen LogP contribution in [0.3, 0.4) is 0 Å². The molecule has 0 aromatic heterocycles. The van der Waals surface area contributed by atoms with E-state index in [1.807, 2.05) is 0 Å². The second-order valence-corrected chi connectivity index (χ2v) is 7.28. The van der Waals surface area contributed by atoms with Crippen LogP contribution < -0.4 is 4.90 Å². The second kappa shape index (κ2) is 8.01. The highest BCUT2D eigenvalue weighted by molar-refractivity contribution is 9.10. The zero-order valence-corrected chi connectivity index (χ0v) is 16.0. The number of benzene rings is 2. The van der Waals surface area contributed by atoms with E-state index in [1.165, 1.54) is 4.90 Å². The molecule has 5 nitrogen and oxygen atoms in total. The van der Waals surface area contributed by atoms with Crippen molar-refractivity contribution < 1.29 is 19.1 Å². The van der Waals surface area contributed by atoms with Gasteiger partial charge in [0.1, 0.15) is 0 Å². The van der Waals surface area contributed by atoms with E-state index >= 15 is 0 Å². The number of ether oxygens (including phenoxy) is 1. The maximum absolute atomic E-state index is 12.2. The van der Waals surface area contributed by atoms with Gasteiger partial charge in [0.25, 0.3) is 0 Å². The monoisotopic (exact) mass is 435 g/mol. The van der Waals surface area contributed by atoms with Crippen LogP contribution in [0.25, 0.3) is 0 Å². The van der Waals surface area contributed by atoms with Gasteiger partial charge >= 0.3 is 5.97 Å². The van der Waals surface area contributed by atoms with Gasteiger partial charge in [0.2, 0.25) is 5.91 Å². The number of hydrogen-bond donors (Lipinski definition) is 0. The van der Waals surface area contributed by atoms with E-state index in [0.717, 1.165) is 4.47 Å². The lowest BCUT2D eigenvalue weighted by molar-refractivity contribution is -0.147. The molecule has 2 aromatic carbocycles. The highest BCUT2D eigenvalue weighted by Crippen LogP contribution is 2.27. The summed E-state index contributed by atoms with van der Waals surface area (Å²) in [5.41, 5.74) is 1.10. The average molecular weight is 437 g/mol. The first kappa shape index (κ1) is 18.6. The molecule has 2 aromatic rings. The lowest BCUT2D eigenvalue weighted by Gasteiger charge is -2.16. The Hall–Kier alpha value is -2.18. The molecule has 0 bridgehead atoms. The largest absolute Gasteiger partial charge is 0.457 e. The smallest absolute Gasteiger partial charge is 0.311 e. The molecule has 0 radical (unpaired) electrons. The molecule has 0 spiro atoms. The van der Waals surface area contributed by atoms with Gasteiger partial charge in [-0.05, 0) is 30.3 Å². The summed E-state index contributed by atoms with van der Waals surface area (Å²) < 4.78 is 5.98. The molecular formula is C19H15BrClNO4. The highest BCUT2D eigenvalue weighted by atomic mass is 79.9. The van der Waals surface area contributed by atoms with Crippen molar-refractivity contribution in [2.75, 3.05) is 18.1 Å². The fourth-order valence-corrected chi connectivity index (χ4v) is 3.18. The van der Waals surface area contributed by atoms with Crippen molar-refractivity contribution in [1.29, 1.82) is 0 Å². The quantitative estimate of drug-likeness (QED) is 0.527. The molecule has 1 fully saturated rings. The van der Waals surface area contributed by atoms with E-state index < -0.39 is 11.9 Å². The molecule has 1 amide bonds. The third kappa shape index (κ3) is 4.31. The van der Waals surface area contributed by atoms with Crippen LogP contribution in [0.2, 0.25) is 5.02 Å². The number of amides is 1. The number of carbonyl (C=O) groups is 3. The number of anilines is 1. The lowest BCUT2D eigenvalue weighted by atomic mass is 10.1. The zero-order chi connectivity index (χ0) is 18.7. The van der Waals surface area contributed by atoms with E-state index in [4.69, 9.17) is 16.3 Å². The molecule has 0 aliphatic carbocycles. The topological polar surface area (TPSA) is 63.7 Å². The molecule has 1 atom stereocenters. The Bertz CT molecular complexity index is 853. The van der Waals surface area contributed by atoms with Gasteiger partial charge in [0, 0.05) is 33.7 Å². The van der Waals surface area contributed by atoms with E-state index in [2.05, 4.69) is 15.9 Å². The first-order chi connectivity index (χ1) is 12.4. The number of ketones is 1. The van der Waals surface area contributed by atoms with Crippen LogP contribution >= 0.6 is 27.5 Å². The van der Waals surface area contributed by atoms with Gasteiger partial charge in [0.15, 0.2) is 12.4 Å². The molecular weight excluding hydrogens is 422 g/mol. The second-order valence-electron chi connectivity index (χ2n) is 5.92. The summed E-state index contributed by atoms with van der Waals surface area (Å²) in [5, 5.41) is 0.515. The SMILES string of the molecule is O=C(COC(=O)[C@@H]1CC(=O)N(c2cccc(Cl)c2)C1)c1ccc(Br)cc1. The third-order valence-corrected chi connectivity index (χ3v) is 4.85. The van der Waals surface area contributed by atoms with Crippen LogP contribution in [0.15, 0.2) is 53.0 Å². The average Bonchev–Trinajstić information content (AvgIpc) is 3.02. The minimum absolute atomic E-state index is 0.0534. The van der Waals surface area contributed by atoms with Gasteiger partial charge in [-0.2, -0.15) is 0 Å². The van der Waals surface area contributed by atoms with Crippen molar-refractivity contribution in [2.45, 2.75) is 6.42 Å². The Balaban J connectivity index is 1.58. The van der Waals surface area contributed by atoms with Crippen molar-refractivity contribution in [3.8, 4) is 0 Å². The minimum Gasteiger partial charge on any atom is -0.457 e. The number of esters is 1. The standard InChI is InChI=1S/C19H15BrClNO4/c20-14-6-4-12(5-7-14)17(23)11-26-19(25)13-8-18(24)22(10-13)16-3-1-2-15(21)9-16/h1-7,9,13H,8,10-11H2/t13-/m1/s1. The number of carbonyl (C=O) groups excluding carboxylic acids is 3. The normalized spacial score (nSPS) is 16.6. The van der Waals surface area contributed by atoms with Crippen LogP contribution in [-0.2, 0) is 14.3 Å². The number of nitrogens with zero attached hydrogens (tertiary/aromatic N) is 1. The predicted molar refractivity (Wildman–Crippen MR) is 101 cm³/mol. The molecule has 1 aliphatic rings. The summed E-state index contributed by atoms with van der Waals surface area (Å²) >= 11 is 9.25.